The molecule has 0 aliphatic rings. The summed E-state index contributed by atoms with van der Waals surface area (Å²) in [6, 6.07) is 12.9. The summed E-state index contributed by atoms with van der Waals surface area (Å²) in [5.74, 6) is 0. The first-order valence-electron chi connectivity index (χ1n) is 10.5. The molecule has 2 aromatic carbocycles. The number of fused-ring (bicyclic) bond motifs is 1. The van der Waals surface area contributed by atoms with Crippen LogP contribution in [0.3, 0.4) is 0 Å². The molecule has 3 rings (SSSR count). The Balaban J connectivity index is 1.88. The molecule has 0 N–H and O–H groups in total. The molecule has 0 saturated carbocycles. The van der Waals surface area contributed by atoms with Gasteiger partial charge >= 0.3 is 0 Å². The Hall–Kier alpha value is -0.740. The molecule has 1 aromatic heterocycles. The maximum atomic E-state index is 4.90. The summed E-state index contributed by atoms with van der Waals surface area (Å²) in [6.07, 6.45) is 6.85. The van der Waals surface area contributed by atoms with Gasteiger partial charge in [0, 0.05) is 19.2 Å². The van der Waals surface area contributed by atoms with Gasteiger partial charge in [-0.1, -0.05) is 70.4 Å². The normalized spacial score (nSPS) is 12.2. The average molecular weight is 645 g/mol. The van der Waals surface area contributed by atoms with E-state index in [4.69, 9.17) is 10.1 Å². The summed E-state index contributed by atoms with van der Waals surface area (Å²) in [4.78, 5) is 4.84. The van der Waals surface area contributed by atoms with Crippen LogP contribution in [0.4, 0.5) is 5.13 Å². The summed E-state index contributed by atoms with van der Waals surface area (Å²) in [7, 11) is 0. The molecule has 1 heterocycles. The van der Waals surface area contributed by atoms with E-state index >= 15 is 0 Å². The Labute approximate surface area is 211 Å². The van der Waals surface area contributed by atoms with Crippen LogP contribution in [0.2, 0.25) is 0 Å². The van der Waals surface area contributed by atoms with E-state index in [2.05, 4.69) is 108 Å². The number of aromatic nitrogens is 1. The second-order valence-corrected chi connectivity index (χ2v) is 11.8. The third-order valence-electron chi connectivity index (χ3n) is 4.96. The van der Waals surface area contributed by atoms with Gasteiger partial charge in [0.25, 0.3) is 0 Å². The van der Waals surface area contributed by atoms with Crippen molar-refractivity contribution >= 4 is 78.1 Å². The summed E-state index contributed by atoms with van der Waals surface area (Å²) in [5.41, 5.74) is 3.73. The number of benzene rings is 2. The van der Waals surface area contributed by atoms with Gasteiger partial charge < -0.3 is 0 Å². The van der Waals surface area contributed by atoms with E-state index < -0.39 is 0 Å². The molecule has 0 amide bonds. The molecule has 0 unspecified atom stereocenters. The minimum atomic E-state index is 0.137. The van der Waals surface area contributed by atoms with E-state index in [0.29, 0.717) is 0 Å². The number of thiazole rings is 1. The first-order chi connectivity index (χ1) is 14.3. The van der Waals surface area contributed by atoms with Crippen molar-refractivity contribution in [2.45, 2.75) is 58.8 Å². The van der Waals surface area contributed by atoms with Gasteiger partial charge in [0.05, 0.1) is 16.4 Å². The topological polar surface area (TPSA) is 28.5 Å². The standard InChI is InChI=1S/C24H29I2N3S/c1-5-6-7-10-13-29(23-28-21-11-8-9-12-22(21)30-23)27-16-17-14-20(26)18(15-19(17)25)24(2,3)4/h8-9,11-12,14-16H,5-7,10,13H2,1-4H3/b27-16+. The number of rotatable bonds is 8. The first-order valence-corrected chi connectivity index (χ1v) is 13.4. The summed E-state index contributed by atoms with van der Waals surface area (Å²) in [5, 5.41) is 7.96. The van der Waals surface area contributed by atoms with E-state index in [1.165, 1.54) is 36.7 Å². The van der Waals surface area contributed by atoms with Crippen molar-refractivity contribution in [2.75, 3.05) is 11.6 Å². The molecule has 0 aliphatic heterocycles. The van der Waals surface area contributed by atoms with Crippen LogP contribution in [0.25, 0.3) is 10.2 Å². The fourth-order valence-electron chi connectivity index (χ4n) is 3.23. The monoisotopic (exact) mass is 645 g/mol. The van der Waals surface area contributed by atoms with Crippen LogP contribution in [0.1, 0.15) is 64.5 Å². The minimum absolute atomic E-state index is 0.137. The van der Waals surface area contributed by atoms with Crippen molar-refractivity contribution in [3.05, 3.63) is 54.7 Å². The van der Waals surface area contributed by atoms with Crippen molar-refractivity contribution in [3.8, 4) is 0 Å². The maximum Gasteiger partial charge on any atom is 0.207 e. The third-order valence-corrected chi connectivity index (χ3v) is 7.83. The minimum Gasteiger partial charge on any atom is -0.239 e. The second kappa shape index (κ2) is 10.7. The molecular weight excluding hydrogens is 616 g/mol. The van der Waals surface area contributed by atoms with Gasteiger partial charge in [-0.25, -0.2) is 9.99 Å². The van der Waals surface area contributed by atoms with Crippen molar-refractivity contribution in [1.82, 2.24) is 4.98 Å². The Bertz CT molecular complexity index is 988. The lowest BCUT2D eigenvalue weighted by atomic mass is 9.87. The summed E-state index contributed by atoms with van der Waals surface area (Å²) in [6.45, 7) is 9.93. The molecule has 0 radical (unpaired) electrons. The molecule has 6 heteroatoms. The average Bonchev–Trinajstić information content (AvgIpc) is 3.12. The number of nitrogens with zero attached hydrogens (tertiary/aromatic N) is 3. The van der Waals surface area contributed by atoms with Gasteiger partial charge in [-0.05, 0) is 86.8 Å². The van der Waals surface area contributed by atoms with Gasteiger partial charge in [0.2, 0.25) is 5.13 Å². The molecule has 0 atom stereocenters. The lowest BCUT2D eigenvalue weighted by Gasteiger charge is -2.22. The number of hydrazone groups is 1. The van der Waals surface area contributed by atoms with E-state index in [0.717, 1.165) is 29.2 Å². The second-order valence-electron chi connectivity index (χ2n) is 8.50. The van der Waals surface area contributed by atoms with E-state index in [1.54, 1.807) is 11.3 Å². The van der Waals surface area contributed by atoms with Crippen LogP contribution in [-0.4, -0.2) is 17.7 Å². The predicted octanol–water partition coefficient (Wildman–Crippen LogP) is 8.22. The van der Waals surface area contributed by atoms with Crippen LogP contribution < -0.4 is 5.01 Å². The maximum absolute atomic E-state index is 4.90. The molecule has 0 bridgehead atoms. The Morgan fingerprint density at radius 2 is 1.83 bits per heavy atom. The van der Waals surface area contributed by atoms with E-state index in [1.807, 2.05) is 12.3 Å². The quantitative estimate of drug-likeness (QED) is 0.107. The highest BCUT2D eigenvalue weighted by Crippen LogP contribution is 2.31. The van der Waals surface area contributed by atoms with Gasteiger partial charge in [-0.15, -0.1) is 0 Å². The molecule has 0 aliphatic carbocycles. The van der Waals surface area contributed by atoms with Crippen LogP contribution >= 0.6 is 56.5 Å². The van der Waals surface area contributed by atoms with Gasteiger partial charge in [0.1, 0.15) is 0 Å². The molecule has 3 aromatic rings. The van der Waals surface area contributed by atoms with Crippen LogP contribution in [-0.2, 0) is 5.41 Å². The predicted molar refractivity (Wildman–Crippen MR) is 149 cm³/mol. The fourth-order valence-corrected chi connectivity index (χ4v) is 6.09. The van der Waals surface area contributed by atoms with Crippen molar-refractivity contribution in [1.29, 1.82) is 0 Å². The number of unbranched alkanes of at least 4 members (excludes halogenated alkanes) is 3. The Morgan fingerprint density at radius 3 is 2.53 bits per heavy atom. The lowest BCUT2D eigenvalue weighted by Crippen LogP contribution is -2.18. The van der Waals surface area contributed by atoms with E-state index in [-0.39, 0.29) is 5.41 Å². The van der Waals surface area contributed by atoms with Crippen LogP contribution in [0, 0.1) is 7.14 Å². The molecule has 0 spiro atoms. The lowest BCUT2D eigenvalue weighted by molar-refractivity contribution is 0.586. The zero-order chi connectivity index (χ0) is 21.7. The van der Waals surface area contributed by atoms with Gasteiger partial charge in [0.15, 0.2) is 0 Å². The highest BCUT2D eigenvalue weighted by atomic mass is 127. The van der Waals surface area contributed by atoms with Crippen molar-refractivity contribution in [3.63, 3.8) is 0 Å². The number of hydrogen-bond acceptors (Lipinski definition) is 4. The molecule has 3 nitrogen and oxygen atoms in total. The third kappa shape index (κ3) is 6.16. The zero-order valence-electron chi connectivity index (χ0n) is 18.1. The van der Waals surface area contributed by atoms with Gasteiger partial charge in [-0.3, -0.25) is 0 Å². The molecular formula is C24H29I2N3S. The molecule has 0 fully saturated rings. The molecule has 160 valence electrons. The van der Waals surface area contributed by atoms with E-state index in [9.17, 15) is 0 Å². The largest absolute Gasteiger partial charge is 0.239 e. The summed E-state index contributed by atoms with van der Waals surface area (Å²) >= 11 is 6.59. The van der Waals surface area contributed by atoms with Crippen molar-refractivity contribution in [2.24, 2.45) is 5.10 Å². The Kier molecular flexibility index (Phi) is 8.55. The van der Waals surface area contributed by atoms with Crippen molar-refractivity contribution < 1.29 is 0 Å². The number of hydrogen-bond donors (Lipinski definition) is 0. The highest BCUT2D eigenvalue weighted by molar-refractivity contribution is 14.1. The number of halogens is 2. The number of anilines is 1. The molecule has 30 heavy (non-hydrogen) atoms. The highest BCUT2D eigenvalue weighted by Gasteiger charge is 2.19. The number of para-hydroxylation sites is 1. The first kappa shape index (κ1) is 23.9. The zero-order valence-corrected chi connectivity index (χ0v) is 23.2. The van der Waals surface area contributed by atoms with Crippen LogP contribution in [0.15, 0.2) is 41.5 Å². The van der Waals surface area contributed by atoms with Crippen LogP contribution in [0.5, 0.6) is 0 Å². The SMILES string of the molecule is CCCCCCN(/N=C/c1cc(I)c(C(C)(C)C)cc1I)c1nc2ccccc2s1. The smallest absolute Gasteiger partial charge is 0.207 e. The fraction of sp³-hybridized carbons (Fsp3) is 0.417. The molecule has 0 saturated heterocycles. The summed E-state index contributed by atoms with van der Waals surface area (Å²) < 4.78 is 3.73. The van der Waals surface area contributed by atoms with Gasteiger partial charge in [-0.2, -0.15) is 5.10 Å². The Morgan fingerprint density at radius 1 is 1.07 bits per heavy atom.